The topological polar surface area (TPSA) is 63.3 Å². The fraction of sp³-hybridized carbons (Fsp3) is 0. The van der Waals surface area contributed by atoms with E-state index in [1.165, 1.54) is 6.07 Å². The Bertz CT molecular complexity index is 262. The molecule has 0 atom stereocenters. The second kappa shape index (κ2) is 4.86. The maximum atomic E-state index is 10.3. The van der Waals surface area contributed by atoms with Gasteiger partial charge in [-0.1, -0.05) is 12.1 Å². The van der Waals surface area contributed by atoms with Crippen molar-refractivity contribution < 1.29 is 59.8 Å². The summed E-state index contributed by atoms with van der Waals surface area (Å²) >= 11 is 0. The number of nitrogen functional groups attached to an aromatic ring is 1. The molecule has 11 heavy (non-hydrogen) atoms. The van der Waals surface area contributed by atoms with Crippen LogP contribution in [0.15, 0.2) is 24.3 Å². The maximum absolute atomic E-state index is 10.3. The molecule has 0 fully saturated rings. The number of carbonyl (C=O) groups is 1. The van der Waals surface area contributed by atoms with Crippen LogP contribution in [0.25, 0.3) is 0 Å². The second-order valence-corrected chi connectivity index (χ2v) is 1.89. The van der Waals surface area contributed by atoms with Crippen LogP contribution < -0.4 is 5.73 Å². The molecule has 1 radical (unpaired) electrons. The summed E-state index contributed by atoms with van der Waals surface area (Å²) in [5, 5.41) is 8.49. The van der Waals surface area contributed by atoms with Crippen molar-refractivity contribution in [3.63, 3.8) is 0 Å². The molecule has 1 rings (SSSR count). The summed E-state index contributed by atoms with van der Waals surface area (Å²) in [5.41, 5.74) is 5.80. The molecule has 0 bridgehead atoms. The summed E-state index contributed by atoms with van der Waals surface area (Å²) in [4.78, 5) is 10.3. The van der Waals surface area contributed by atoms with Gasteiger partial charge >= 0.3 is 5.97 Å². The van der Waals surface area contributed by atoms with Crippen LogP contribution in [-0.4, -0.2) is 11.1 Å². The van der Waals surface area contributed by atoms with Gasteiger partial charge in [0.1, 0.15) is 0 Å². The molecule has 0 heterocycles. The van der Waals surface area contributed by atoms with Gasteiger partial charge in [-0.2, -0.15) is 0 Å². The molecule has 0 amide bonds. The number of anilines is 1. The van der Waals surface area contributed by atoms with Gasteiger partial charge in [-0.15, -0.1) is 0 Å². The van der Waals surface area contributed by atoms with Crippen LogP contribution in [-0.2, 0) is 0 Å². The molecule has 0 unspecified atom stereocenters. The van der Waals surface area contributed by atoms with Crippen molar-refractivity contribution >= 4 is 11.7 Å². The van der Waals surface area contributed by atoms with Gasteiger partial charge in [-0.25, -0.2) is 4.79 Å². The van der Waals surface area contributed by atoms with Crippen molar-refractivity contribution in [1.29, 1.82) is 0 Å². The third-order valence-electron chi connectivity index (χ3n) is 1.19. The van der Waals surface area contributed by atoms with Gasteiger partial charge in [0.2, 0.25) is 0 Å². The minimum absolute atomic E-state index is 0. The fourth-order valence-electron chi connectivity index (χ4n) is 0.692. The van der Waals surface area contributed by atoms with Crippen LogP contribution in [0.1, 0.15) is 10.4 Å². The van der Waals surface area contributed by atoms with Gasteiger partial charge in [0.25, 0.3) is 0 Å². The predicted molar refractivity (Wildman–Crippen MR) is 37.8 cm³/mol. The van der Waals surface area contributed by atoms with Crippen LogP contribution >= 0.6 is 0 Å². The van der Waals surface area contributed by atoms with E-state index in [1.807, 2.05) is 0 Å². The van der Waals surface area contributed by atoms with Crippen LogP contribution in [0.5, 0.6) is 0 Å². The van der Waals surface area contributed by atoms with Crippen LogP contribution in [0, 0.1) is 49.9 Å². The molecular weight excluding hydrogens is 353 g/mol. The third kappa shape index (κ3) is 2.90. The Morgan fingerprint density at radius 1 is 1.36 bits per heavy atom. The molecule has 53 valence electrons. The number of hydrogen-bond donors (Lipinski definition) is 2. The van der Waals surface area contributed by atoms with E-state index in [9.17, 15) is 4.79 Å². The van der Waals surface area contributed by atoms with Crippen molar-refractivity contribution in [2.45, 2.75) is 0 Å². The number of para-hydroxylation sites is 1. The minimum Gasteiger partial charge on any atom is -0.478 e. The number of carboxylic acids is 1. The van der Waals surface area contributed by atoms with E-state index < -0.39 is 5.97 Å². The van der Waals surface area contributed by atoms with E-state index in [2.05, 4.69) is 0 Å². The van der Waals surface area contributed by atoms with E-state index in [0.29, 0.717) is 5.69 Å². The first-order chi connectivity index (χ1) is 4.72. The molecule has 3 nitrogen and oxygen atoms in total. The number of hydrogen-bond acceptors (Lipinski definition) is 2. The first-order valence-corrected chi connectivity index (χ1v) is 2.79. The summed E-state index contributed by atoms with van der Waals surface area (Å²) < 4.78 is 0. The first-order valence-electron chi connectivity index (χ1n) is 2.79. The Hall–Kier alpha value is 0.0874. The zero-order valence-electron chi connectivity index (χ0n) is 6.24. The zero-order valence-corrected chi connectivity index (χ0v) is 14.5. The van der Waals surface area contributed by atoms with Crippen LogP contribution in [0.2, 0.25) is 0 Å². The molecule has 0 saturated carbocycles. The quantitative estimate of drug-likeness (QED) is 0.734. The SMILES string of the molecule is Nc1ccccc1C(=O)O.[Fr]. The standard InChI is InChI=1S/C7H7NO2.Fr/c8-6-4-2-1-3-5(6)7(9)10;/h1-4H,8H2,(H,9,10);. The molecule has 0 aliphatic carbocycles. The summed E-state index contributed by atoms with van der Waals surface area (Å²) in [6.45, 7) is 0. The normalized spacial score (nSPS) is 8.36. The van der Waals surface area contributed by atoms with Crippen molar-refractivity contribution in [3.05, 3.63) is 29.8 Å². The van der Waals surface area contributed by atoms with Crippen molar-refractivity contribution in [2.24, 2.45) is 0 Å². The monoisotopic (exact) mass is 360 g/mol. The van der Waals surface area contributed by atoms with E-state index in [1.54, 1.807) is 18.2 Å². The molecule has 3 N–H and O–H groups in total. The van der Waals surface area contributed by atoms with Gasteiger partial charge in [0.05, 0.1) is 5.56 Å². The summed E-state index contributed by atoms with van der Waals surface area (Å²) in [5.74, 6) is -0.988. The van der Waals surface area contributed by atoms with E-state index >= 15 is 0 Å². The Labute approximate surface area is 106 Å². The van der Waals surface area contributed by atoms with Gasteiger partial charge in [-0.3, -0.25) is 0 Å². The molecule has 0 aliphatic rings. The molecule has 1 aromatic rings. The smallest absolute Gasteiger partial charge is 0.337 e. The third-order valence-corrected chi connectivity index (χ3v) is 1.19. The molecule has 1 aromatic carbocycles. The zero-order chi connectivity index (χ0) is 7.56. The summed E-state index contributed by atoms with van der Waals surface area (Å²) in [6.07, 6.45) is 0. The average molecular weight is 360 g/mol. The van der Waals surface area contributed by atoms with Crippen LogP contribution in [0.3, 0.4) is 0 Å². The Kier molecular flexibility index (Phi) is 4.90. The van der Waals surface area contributed by atoms with Crippen molar-refractivity contribution in [1.82, 2.24) is 0 Å². The number of nitrogens with two attached hydrogens (primary N) is 1. The first kappa shape index (κ1) is 11.1. The Morgan fingerprint density at radius 3 is 2.27 bits per heavy atom. The predicted octanol–water partition coefficient (Wildman–Crippen LogP) is 0.967. The second-order valence-electron chi connectivity index (χ2n) is 1.89. The molecule has 0 aliphatic heterocycles. The van der Waals surface area contributed by atoms with Gasteiger partial charge in [-0.05, 0) is 12.1 Å². The number of benzene rings is 1. The average Bonchev–Trinajstić information content (AvgIpc) is 1.88. The number of carboxylic acid groups (broad SMARTS) is 1. The van der Waals surface area contributed by atoms with Crippen molar-refractivity contribution in [3.8, 4) is 0 Å². The Morgan fingerprint density at radius 2 is 1.91 bits per heavy atom. The largest absolute Gasteiger partial charge is 0.478 e. The fourth-order valence-corrected chi connectivity index (χ4v) is 0.692. The number of aromatic carboxylic acids is 1. The Balaban J connectivity index is 0.000001000. The molecular formula is C7H7FrNO2. The van der Waals surface area contributed by atoms with Gasteiger partial charge in [0, 0.05) is 55.6 Å². The summed E-state index contributed by atoms with van der Waals surface area (Å²) in [7, 11) is 0. The maximum Gasteiger partial charge on any atom is 0.337 e. The summed E-state index contributed by atoms with van der Waals surface area (Å²) in [6, 6.07) is 6.36. The minimum atomic E-state index is -0.988. The molecule has 0 spiro atoms. The molecule has 4 heteroatoms. The van der Waals surface area contributed by atoms with Gasteiger partial charge < -0.3 is 10.8 Å². The molecule has 0 saturated heterocycles. The number of rotatable bonds is 1. The van der Waals surface area contributed by atoms with Crippen LogP contribution in [0.4, 0.5) is 5.69 Å². The van der Waals surface area contributed by atoms with E-state index in [0.717, 1.165) is 0 Å². The van der Waals surface area contributed by atoms with E-state index in [4.69, 9.17) is 10.8 Å². The van der Waals surface area contributed by atoms with E-state index in [-0.39, 0.29) is 55.4 Å². The molecule has 0 aromatic heterocycles. The van der Waals surface area contributed by atoms with Crippen molar-refractivity contribution in [2.75, 3.05) is 5.73 Å². The van der Waals surface area contributed by atoms with Gasteiger partial charge in [0.15, 0.2) is 0 Å².